The zero-order valence-electron chi connectivity index (χ0n) is 12.2. The second kappa shape index (κ2) is 5.56. The van der Waals surface area contributed by atoms with Crippen LogP contribution in [0.15, 0.2) is 31.1 Å². The van der Waals surface area contributed by atoms with Crippen LogP contribution in [0.3, 0.4) is 0 Å². The lowest BCUT2D eigenvalue weighted by Gasteiger charge is -2.30. The van der Waals surface area contributed by atoms with Gasteiger partial charge in [0.2, 0.25) is 0 Å². The Morgan fingerprint density at radius 3 is 2.71 bits per heavy atom. The average molecular weight is 283 g/mol. The standard InChI is InChI=1S/C16H21N5/c1-2-5-13(4-1)21-8-3-6-15(21)14-10-18-11-16(19-14)20-9-7-17-12-20/h7,9-13,15H,1-6,8H2. The molecule has 2 aromatic heterocycles. The van der Waals surface area contributed by atoms with Crippen molar-refractivity contribution in [2.24, 2.45) is 0 Å². The number of hydrogen-bond acceptors (Lipinski definition) is 4. The third kappa shape index (κ3) is 2.46. The monoisotopic (exact) mass is 283 g/mol. The maximum absolute atomic E-state index is 4.84. The summed E-state index contributed by atoms with van der Waals surface area (Å²) in [6, 6.07) is 1.21. The van der Waals surface area contributed by atoms with E-state index in [-0.39, 0.29) is 0 Å². The second-order valence-electron chi connectivity index (χ2n) is 6.11. The van der Waals surface area contributed by atoms with Crippen LogP contribution < -0.4 is 0 Å². The van der Waals surface area contributed by atoms with Crippen LogP contribution in [0.5, 0.6) is 0 Å². The summed E-state index contributed by atoms with van der Waals surface area (Å²) in [5, 5.41) is 0. The first-order valence-corrected chi connectivity index (χ1v) is 7.98. The smallest absolute Gasteiger partial charge is 0.156 e. The number of aromatic nitrogens is 4. The molecule has 0 radical (unpaired) electrons. The molecule has 4 rings (SSSR count). The molecule has 110 valence electrons. The van der Waals surface area contributed by atoms with Crippen molar-refractivity contribution in [3.8, 4) is 5.82 Å². The molecule has 5 heteroatoms. The lowest BCUT2D eigenvalue weighted by atomic mass is 10.1. The molecule has 1 saturated carbocycles. The molecule has 3 heterocycles. The molecule has 1 saturated heterocycles. The summed E-state index contributed by atoms with van der Waals surface area (Å²) in [5.41, 5.74) is 1.12. The van der Waals surface area contributed by atoms with Gasteiger partial charge in [0.15, 0.2) is 5.82 Å². The molecular weight excluding hydrogens is 262 g/mol. The van der Waals surface area contributed by atoms with Crippen LogP contribution in [0.1, 0.15) is 50.3 Å². The Balaban J connectivity index is 1.61. The van der Waals surface area contributed by atoms with Crippen LogP contribution in [-0.2, 0) is 0 Å². The van der Waals surface area contributed by atoms with E-state index in [1.807, 2.05) is 17.0 Å². The number of nitrogens with zero attached hydrogens (tertiary/aromatic N) is 5. The van der Waals surface area contributed by atoms with Gasteiger partial charge in [-0.2, -0.15) is 0 Å². The Morgan fingerprint density at radius 2 is 1.90 bits per heavy atom. The van der Waals surface area contributed by atoms with E-state index in [1.165, 1.54) is 45.1 Å². The van der Waals surface area contributed by atoms with E-state index in [1.54, 1.807) is 18.7 Å². The van der Waals surface area contributed by atoms with E-state index < -0.39 is 0 Å². The molecule has 0 amide bonds. The molecule has 2 aromatic rings. The van der Waals surface area contributed by atoms with Gasteiger partial charge >= 0.3 is 0 Å². The van der Waals surface area contributed by atoms with Gasteiger partial charge in [-0.1, -0.05) is 12.8 Å². The van der Waals surface area contributed by atoms with Crippen molar-refractivity contribution in [3.05, 3.63) is 36.8 Å². The summed E-state index contributed by atoms with van der Waals surface area (Å²) >= 11 is 0. The topological polar surface area (TPSA) is 46.8 Å². The second-order valence-corrected chi connectivity index (χ2v) is 6.11. The summed E-state index contributed by atoms with van der Waals surface area (Å²) in [6.07, 6.45) is 17.2. The lowest BCUT2D eigenvalue weighted by Crippen LogP contribution is -2.33. The highest BCUT2D eigenvalue weighted by Gasteiger charge is 2.34. The molecular formula is C16H21N5. The van der Waals surface area contributed by atoms with Crippen molar-refractivity contribution >= 4 is 0 Å². The first-order valence-electron chi connectivity index (χ1n) is 7.98. The molecule has 0 spiro atoms. The molecule has 21 heavy (non-hydrogen) atoms. The fraction of sp³-hybridized carbons (Fsp3) is 0.562. The molecule has 1 aliphatic carbocycles. The Hall–Kier alpha value is -1.75. The normalized spacial score (nSPS) is 23.9. The van der Waals surface area contributed by atoms with E-state index in [4.69, 9.17) is 4.98 Å². The minimum absolute atomic E-state index is 0.448. The predicted octanol–water partition coefficient (Wildman–Crippen LogP) is 2.74. The van der Waals surface area contributed by atoms with Gasteiger partial charge in [-0.15, -0.1) is 0 Å². The van der Waals surface area contributed by atoms with E-state index in [0.29, 0.717) is 6.04 Å². The average Bonchev–Trinajstić information content (AvgIpc) is 3.26. The molecule has 5 nitrogen and oxygen atoms in total. The summed E-state index contributed by atoms with van der Waals surface area (Å²) in [6.45, 7) is 1.21. The van der Waals surface area contributed by atoms with E-state index >= 15 is 0 Å². The summed E-state index contributed by atoms with van der Waals surface area (Å²) < 4.78 is 1.92. The van der Waals surface area contributed by atoms with Crippen molar-refractivity contribution in [1.82, 2.24) is 24.4 Å². The van der Waals surface area contributed by atoms with Crippen LogP contribution >= 0.6 is 0 Å². The Kier molecular flexibility index (Phi) is 3.43. The minimum Gasteiger partial charge on any atom is -0.292 e. The third-order valence-electron chi connectivity index (χ3n) is 4.84. The van der Waals surface area contributed by atoms with Crippen molar-refractivity contribution in [2.75, 3.05) is 6.54 Å². The van der Waals surface area contributed by atoms with Gasteiger partial charge in [-0.05, 0) is 32.2 Å². The molecule has 0 N–H and O–H groups in total. The molecule has 0 aromatic carbocycles. The van der Waals surface area contributed by atoms with Crippen molar-refractivity contribution in [3.63, 3.8) is 0 Å². The Bertz CT molecular complexity index is 588. The highest BCUT2D eigenvalue weighted by Crippen LogP contribution is 2.37. The van der Waals surface area contributed by atoms with Gasteiger partial charge in [0.25, 0.3) is 0 Å². The lowest BCUT2D eigenvalue weighted by molar-refractivity contribution is 0.179. The Labute approximate surface area is 125 Å². The Morgan fingerprint density at radius 1 is 1.00 bits per heavy atom. The van der Waals surface area contributed by atoms with Crippen LogP contribution in [0.2, 0.25) is 0 Å². The van der Waals surface area contributed by atoms with Crippen LogP contribution in [0.4, 0.5) is 0 Å². The van der Waals surface area contributed by atoms with Gasteiger partial charge in [0, 0.05) is 18.4 Å². The quantitative estimate of drug-likeness (QED) is 0.869. The summed E-state index contributed by atoms with van der Waals surface area (Å²) in [7, 11) is 0. The first kappa shape index (κ1) is 13.0. The molecule has 2 fully saturated rings. The van der Waals surface area contributed by atoms with Gasteiger partial charge in [-0.3, -0.25) is 14.5 Å². The van der Waals surface area contributed by atoms with E-state index in [2.05, 4.69) is 14.9 Å². The first-order chi connectivity index (χ1) is 10.4. The van der Waals surface area contributed by atoms with E-state index in [9.17, 15) is 0 Å². The number of hydrogen-bond donors (Lipinski definition) is 0. The fourth-order valence-corrected chi connectivity index (χ4v) is 3.83. The third-order valence-corrected chi connectivity index (χ3v) is 4.84. The summed E-state index contributed by atoms with van der Waals surface area (Å²) in [4.78, 5) is 16.0. The van der Waals surface area contributed by atoms with Gasteiger partial charge in [0.1, 0.15) is 6.33 Å². The zero-order valence-corrected chi connectivity index (χ0v) is 12.2. The largest absolute Gasteiger partial charge is 0.292 e. The molecule has 1 aliphatic heterocycles. The molecule has 1 atom stereocenters. The number of rotatable bonds is 3. The van der Waals surface area contributed by atoms with Crippen molar-refractivity contribution < 1.29 is 0 Å². The molecule has 0 bridgehead atoms. The van der Waals surface area contributed by atoms with Gasteiger partial charge < -0.3 is 0 Å². The van der Waals surface area contributed by atoms with Crippen LogP contribution in [0, 0.1) is 0 Å². The minimum atomic E-state index is 0.448. The predicted molar refractivity (Wildman–Crippen MR) is 80.1 cm³/mol. The highest BCUT2D eigenvalue weighted by atomic mass is 15.2. The number of imidazole rings is 1. The van der Waals surface area contributed by atoms with Crippen LogP contribution in [-0.4, -0.2) is 37.0 Å². The maximum Gasteiger partial charge on any atom is 0.156 e. The van der Waals surface area contributed by atoms with E-state index in [0.717, 1.165) is 17.6 Å². The van der Waals surface area contributed by atoms with Crippen molar-refractivity contribution in [1.29, 1.82) is 0 Å². The summed E-state index contributed by atoms with van der Waals surface area (Å²) in [5.74, 6) is 0.864. The van der Waals surface area contributed by atoms with Crippen LogP contribution in [0.25, 0.3) is 5.82 Å². The number of likely N-dealkylation sites (tertiary alicyclic amines) is 1. The zero-order chi connectivity index (χ0) is 14.1. The highest BCUT2D eigenvalue weighted by molar-refractivity contribution is 5.21. The molecule has 2 aliphatic rings. The fourth-order valence-electron chi connectivity index (χ4n) is 3.83. The maximum atomic E-state index is 4.84. The molecule has 1 unspecified atom stereocenters. The SMILES string of the molecule is c1cn(-c2cncc(C3CCCN3C3CCCC3)n2)cn1. The van der Waals surface area contributed by atoms with Gasteiger partial charge in [0.05, 0.1) is 24.1 Å². The van der Waals surface area contributed by atoms with Crippen molar-refractivity contribution in [2.45, 2.75) is 50.6 Å². The van der Waals surface area contributed by atoms with Gasteiger partial charge in [-0.25, -0.2) is 9.97 Å².